The van der Waals surface area contributed by atoms with Gasteiger partial charge in [-0.15, -0.1) is 0 Å². The number of esters is 2. The third-order valence-corrected chi connectivity index (χ3v) is 12.7. The Morgan fingerprint density at radius 1 is 1.03 bits per heavy atom. The van der Waals surface area contributed by atoms with Crippen LogP contribution in [0.25, 0.3) is 6.08 Å². The maximum atomic E-state index is 15.6. The van der Waals surface area contributed by atoms with E-state index in [0.29, 0.717) is 25.7 Å². The summed E-state index contributed by atoms with van der Waals surface area (Å²) < 4.78 is 25.7. The number of ether oxygens (including phenoxy) is 4. The fraction of sp³-hybridized carbons (Fsp3) is 0.717. The Kier molecular flexibility index (Phi) is 15.0. The molecule has 0 radical (unpaired) electrons. The summed E-state index contributed by atoms with van der Waals surface area (Å²) in [6, 6.07) is 4.69. The standard InChI is InChI=1S/C46H68N4O11/c1-8-10-14-24-45(25-15-11-9-2)59-37-34-27-46(43(56)49-26-16-19-33(49)41(54)47-32(29-51)21-23-36(53)58-44(3,4)5)39(42(55)57-34)50(61-40(46)38(37)60-45)28-31-18-13-12-17-30(31)20-22-35(52)48(6)7/h12-13,17-18,20,22,32-34,37-40,51H,8-11,14-16,19,21,23-29H2,1-7H3,(H,47,54)/t32-,33+,34+,37-,38-,39+,40+,46+/m0/s1. The highest BCUT2D eigenvalue weighted by Gasteiger charge is 2.77. The van der Waals surface area contributed by atoms with Crippen LogP contribution in [-0.4, -0.2) is 131 Å². The Morgan fingerprint density at radius 3 is 2.38 bits per heavy atom. The fourth-order valence-electron chi connectivity index (χ4n) is 9.74. The van der Waals surface area contributed by atoms with Crippen molar-refractivity contribution in [2.75, 3.05) is 27.2 Å². The minimum absolute atomic E-state index is 0.00683. The van der Waals surface area contributed by atoms with Gasteiger partial charge in [0.25, 0.3) is 0 Å². The number of unbranched alkanes of at least 4 members (excludes halogenated alkanes) is 4. The van der Waals surface area contributed by atoms with Crippen LogP contribution in [0, 0.1) is 5.41 Å². The molecule has 15 heteroatoms. The lowest BCUT2D eigenvalue weighted by molar-refractivity contribution is -0.225. The number of aliphatic hydroxyl groups excluding tert-OH is 1. The maximum absolute atomic E-state index is 15.6. The number of hydrogen-bond donors (Lipinski definition) is 2. The molecular weight excluding hydrogens is 785 g/mol. The lowest BCUT2D eigenvalue weighted by Gasteiger charge is -2.50. The van der Waals surface area contributed by atoms with Gasteiger partial charge in [-0.3, -0.25) is 28.8 Å². The highest BCUT2D eigenvalue weighted by Crippen LogP contribution is 2.59. The number of aliphatic hydroxyl groups is 1. The molecular formula is C46H68N4O11. The molecule has 0 spiro atoms. The molecule has 15 nitrogen and oxygen atoms in total. The maximum Gasteiger partial charge on any atom is 0.327 e. The third kappa shape index (κ3) is 10.2. The van der Waals surface area contributed by atoms with Crippen molar-refractivity contribution < 1.29 is 52.9 Å². The van der Waals surface area contributed by atoms with Gasteiger partial charge in [-0.05, 0) is 70.1 Å². The van der Waals surface area contributed by atoms with Crippen LogP contribution in [0.4, 0.5) is 0 Å². The Morgan fingerprint density at radius 2 is 1.72 bits per heavy atom. The second kappa shape index (κ2) is 19.7. The normalized spacial score (nSPS) is 28.4. The van der Waals surface area contributed by atoms with Gasteiger partial charge in [-0.2, -0.15) is 5.06 Å². The second-order valence-electron chi connectivity index (χ2n) is 18.6. The molecule has 1 saturated carbocycles. The van der Waals surface area contributed by atoms with E-state index in [1.807, 2.05) is 24.3 Å². The van der Waals surface area contributed by atoms with Crippen molar-refractivity contribution in [2.45, 2.75) is 179 Å². The summed E-state index contributed by atoms with van der Waals surface area (Å²) in [7, 11) is 3.35. The number of carbonyl (C=O) groups is 5. The molecule has 4 heterocycles. The van der Waals surface area contributed by atoms with Gasteiger partial charge in [0.15, 0.2) is 11.8 Å². The van der Waals surface area contributed by atoms with E-state index >= 15 is 4.79 Å². The van der Waals surface area contributed by atoms with Crippen LogP contribution in [0.5, 0.6) is 0 Å². The van der Waals surface area contributed by atoms with Crippen LogP contribution in [0.3, 0.4) is 0 Å². The number of nitrogens with one attached hydrogen (secondary N) is 1. The number of nitrogens with zero attached hydrogens (tertiary/aromatic N) is 3. The molecule has 0 unspecified atom stereocenters. The number of hydrogen-bond acceptors (Lipinski definition) is 12. The van der Waals surface area contributed by atoms with E-state index in [0.717, 1.165) is 49.7 Å². The fourth-order valence-corrected chi connectivity index (χ4v) is 9.74. The first-order chi connectivity index (χ1) is 29.1. The van der Waals surface area contributed by atoms with Crippen molar-refractivity contribution in [3.8, 4) is 0 Å². The van der Waals surface area contributed by atoms with Crippen molar-refractivity contribution in [1.82, 2.24) is 20.2 Å². The minimum atomic E-state index is -1.49. The van der Waals surface area contributed by atoms with Crippen LogP contribution in [-0.2, 0) is 54.3 Å². The summed E-state index contributed by atoms with van der Waals surface area (Å²) in [5, 5.41) is 14.6. The Labute approximate surface area is 360 Å². The average Bonchev–Trinajstić information content (AvgIpc) is 3.94. The highest BCUT2D eigenvalue weighted by atomic mass is 16.8. The molecule has 6 rings (SSSR count). The van der Waals surface area contributed by atoms with Gasteiger partial charge in [0, 0.05) is 52.4 Å². The van der Waals surface area contributed by atoms with E-state index in [4.69, 9.17) is 23.8 Å². The summed E-state index contributed by atoms with van der Waals surface area (Å²) in [4.78, 5) is 79.1. The molecule has 338 valence electrons. The first-order valence-electron chi connectivity index (χ1n) is 22.5. The molecule has 5 fully saturated rings. The molecule has 3 amide bonds. The molecule has 1 aromatic rings. The number of rotatable bonds is 19. The zero-order valence-electron chi connectivity index (χ0n) is 37.2. The molecule has 8 atom stereocenters. The van der Waals surface area contributed by atoms with Crippen LogP contribution >= 0.6 is 0 Å². The number of likely N-dealkylation sites (tertiary alicyclic amines) is 1. The predicted molar refractivity (Wildman–Crippen MR) is 225 cm³/mol. The zero-order chi connectivity index (χ0) is 44.1. The molecule has 1 aliphatic carbocycles. The van der Waals surface area contributed by atoms with Crippen molar-refractivity contribution in [3.63, 3.8) is 0 Å². The van der Waals surface area contributed by atoms with E-state index in [1.54, 1.807) is 50.9 Å². The molecule has 5 aliphatic rings. The average molecular weight is 853 g/mol. The van der Waals surface area contributed by atoms with E-state index in [2.05, 4.69) is 19.2 Å². The summed E-state index contributed by atoms with van der Waals surface area (Å²) in [5.74, 6) is -3.01. The number of likely N-dealkylation sites (N-methyl/N-ethyl adjacent to an activating group) is 1. The number of amides is 3. The minimum Gasteiger partial charge on any atom is -0.460 e. The quantitative estimate of drug-likeness (QED) is 0.111. The number of carbonyl (C=O) groups excluding carboxylic acids is 5. The Bertz CT molecular complexity index is 1770. The SMILES string of the molecule is CCCCCC1(CCCCC)O[C@@H]2[C@H](O1)[C@H]1ON(Cc3ccccc3C=CC(=O)N(C)C)[C@@H]3C(=O)O[C@@H]2C[C@]13C(=O)N1CCC[C@@H]1C(=O)N[C@H](CO)CCC(=O)OC(C)(C)C. The Balaban J connectivity index is 1.33. The van der Waals surface area contributed by atoms with Gasteiger partial charge in [0.05, 0.1) is 19.2 Å². The molecule has 0 aromatic heterocycles. The van der Waals surface area contributed by atoms with Crippen LogP contribution < -0.4 is 5.32 Å². The third-order valence-electron chi connectivity index (χ3n) is 12.7. The van der Waals surface area contributed by atoms with Crippen LogP contribution in [0.1, 0.15) is 129 Å². The van der Waals surface area contributed by atoms with Crippen molar-refractivity contribution in [2.24, 2.45) is 5.41 Å². The van der Waals surface area contributed by atoms with Crippen molar-refractivity contribution in [3.05, 3.63) is 41.5 Å². The van der Waals surface area contributed by atoms with E-state index in [-0.39, 0.29) is 44.2 Å². The van der Waals surface area contributed by atoms with E-state index < -0.39 is 83.8 Å². The van der Waals surface area contributed by atoms with Gasteiger partial charge >= 0.3 is 11.9 Å². The largest absolute Gasteiger partial charge is 0.460 e. The lowest BCUT2D eigenvalue weighted by atomic mass is 9.62. The Hall–Kier alpha value is -3.89. The van der Waals surface area contributed by atoms with Gasteiger partial charge in [-0.1, -0.05) is 63.8 Å². The summed E-state index contributed by atoms with van der Waals surface area (Å²) in [6.07, 6.45) is 8.35. The molecule has 1 aromatic carbocycles. The molecule has 2 bridgehead atoms. The van der Waals surface area contributed by atoms with Crippen LogP contribution in [0.15, 0.2) is 30.3 Å². The smallest absolute Gasteiger partial charge is 0.327 e. The van der Waals surface area contributed by atoms with Crippen LogP contribution in [0.2, 0.25) is 0 Å². The summed E-state index contributed by atoms with van der Waals surface area (Å²) in [5.41, 5.74) is -0.663. The first-order valence-corrected chi connectivity index (χ1v) is 22.5. The second-order valence-corrected chi connectivity index (χ2v) is 18.6. The van der Waals surface area contributed by atoms with Gasteiger partial charge in [0.2, 0.25) is 17.7 Å². The topological polar surface area (TPSA) is 173 Å². The molecule has 4 saturated heterocycles. The first kappa shape index (κ1) is 46.6. The molecule has 61 heavy (non-hydrogen) atoms. The number of benzene rings is 1. The molecule has 2 N–H and O–H groups in total. The summed E-state index contributed by atoms with van der Waals surface area (Å²) >= 11 is 0. The van der Waals surface area contributed by atoms with Gasteiger partial charge < -0.3 is 39.2 Å². The summed E-state index contributed by atoms with van der Waals surface area (Å²) in [6.45, 7) is 9.57. The van der Waals surface area contributed by atoms with Crippen molar-refractivity contribution >= 4 is 35.7 Å². The zero-order valence-corrected chi connectivity index (χ0v) is 37.2. The molecule has 4 aliphatic heterocycles. The number of fused-ring (bicyclic) bond motifs is 4. The monoisotopic (exact) mass is 852 g/mol. The van der Waals surface area contributed by atoms with E-state index in [9.17, 15) is 24.3 Å². The highest BCUT2D eigenvalue weighted by molar-refractivity contribution is 5.97. The number of hydroxylamine groups is 2. The van der Waals surface area contributed by atoms with Gasteiger partial charge in [-0.25, -0.2) is 0 Å². The lowest BCUT2D eigenvalue weighted by Crippen LogP contribution is -2.70. The van der Waals surface area contributed by atoms with Crippen molar-refractivity contribution in [1.29, 1.82) is 0 Å². The van der Waals surface area contributed by atoms with E-state index in [1.165, 1.54) is 11.0 Å². The predicted octanol–water partition coefficient (Wildman–Crippen LogP) is 4.82. The van der Waals surface area contributed by atoms with Gasteiger partial charge in [0.1, 0.15) is 41.5 Å².